The second-order valence-electron chi connectivity index (χ2n) is 4.27. The molecule has 1 aromatic carbocycles. The SMILES string of the molecule is CCOC(=O)c1cc(NC(=O)c2ccccc2)cn1C. The Hall–Kier alpha value is -2.56. The average Bonchev–Trinajstić information content (AvgIpc) is 2.81. The molecule has 0 aliphatic rings. The predicted octanol–water partition coefficient (Wildman–Crippen LogP) is 2.45. The summed E-state index contributed by atoms with van der Waals surface area (Å²) in [5.41, 5.74) is 1.52. The Morgan fingerprint density at radius 1 is 1.25 bits per heavy atom. The molecule has 104 valence electrons. The molecule has 0 aliphatic heterocycles. The van der Waals surface area contributed by atoms with Gasteiger partial charge in [-0.3, -0.25) is 4.79 Å². The minimum absolute atomic E-state index is 0.216. The molecule has 20 heavy (non-hydrogen) atoms. The van der Waals surface area contributed by atoms with Crippen molar-refractivity contribution in [2.24, 2.45) is 7.05 Å². The number of aromatic nitrogens is 1. The van der Waals surface area contributed by atoms with Gasteiger partial charge >= 0.3 is 5.97 Å². The lowest BCUT2D eigenvalue weighted by Gasteiger charge is -2.01. The molecule has 0 fully saturated rings. The van der Waals surface area contributed by atoms with E-state index in [2.05, 4.69) is 5.32 Å². The quantitative estimate of drug-likeness (QED) is 0.870. The van der Waals surface area contributed by atoms with E-state index in [-0.39, 0.29) is 5.91 Å². The number of carbonyl (C=O) groups excluding carboxylic acids is 2. The van der Waals surface area contributed by atoms with Crippen molar-refractivity contribution in [2.45, 2.75) is 6.92 Å². The van der Waals surface area contributed by atoms with Crippen LogP contribution < -0.4 is 5.32 Å². The van der Waals surface area contributed by atoms with Crippen molar-refractivity contribution < 1.29 is 14.3 Å². The maximum atomic E-state index is 12.0. The number of aryl methyl sites for hydroxylation is 1. The third-order valence-corrected chi connectivity index (χ3v) is 2.78. The number of nitrogens with one attached hydrogen (secondary N) is 1. The van der Waals surface area contributed by atoms with Gasteiger partial charge in [-0.15, -0.1) is 0 Å². The monoisotopic (exact) mass is 272 g/mol. The van der Waals surface area contributed by atoms with E-state index in [4.69, 9.17) is 4.74 Å². The summed E-state index contributed by atoms with van der Waals surface area (Å²) in [6.45, 7) is 2.06. The molecule has 1 aromatic heterocycles. The highest BCUT2D eigenvalue weighted by molar-refractivity contribution is 6.04. The van der Waals surface area contributed by atoms with Gasteiger partial charge in [0.15, 0.2) is 0 Å². The normalized spacial score (nSPS) is 10.1. The van der Waals surface area contributed by atoms with Crippen molar-refractivity contribution in [3.05, 3.63) is 53.9 Å². The molecule has 0 radical (unpaired) electrons. The molecule has 0 aliphatic carbocycles. The highest BCUT2D eigenvalue weighted by Crippen LogP contribution is 2.15. The molecule has 0 unspecified atom stereocenters. The van der Waals surface area contributed by atoms with Gasteiger partial charge in [0.1, 0.15) is 5.69 Å². The van der Waals surface area contributed by atoms with Crippen LogP contribution in [-0.2, 0) is 11.8 Å². The predicted molar refractivity (Wildman–Crippen MR) is 75.8 cm³/mol. The Kier molecular flexibility index (Phi) is 4.20. The Morgan fingerprint density at radius 2 is 1.95 bits per heavy atom. The summed E-state index contributed by atoms with van der Waals surface area (Å²) in [6, 6.07) is 10.5. The zero-order valence-corrected chi connectivity index (χ0v) is 11.4. The summed E-state index contributed by atoms with van der Waals surface area (Å²) in [7, 11) is 1.73. The second kappa shape index (κ2) is 6.06. The highest BCUT2D eigenvalue weighted by atomic mass is 16.5. The van der Waals surface area contributed by atoms with Crippen molar-refractivity contribution in [2.75, 3.05) is 11.9 Å². The van der Waals surface area contributed by atoms with Crippen LogP contribution in [0.2, 0.25) is 0 Å². The van der Waals surface area contributed by atoms with E-state index in [0.717, 1.165) is 0 Å². The molecule has 0 atom stereocenters. The Bertz CT molecular complexity index is 617. The van der Waals surface area contributed by atoms with E-state index in [9.17, 15) is 9.59 Å². The van der Waals surface area contributed by atoms with Crippen LogP contribution in [0, 0.1) is 0 Å². The maximum Gasteiger partial charge on any atom is 0.355 e. The molecule has 0 saturated carbocycles. The summed E-state index contributed by atoms with van der Waals surface area (Å²) in [5, 5.41) is 2.75. The molecule has 5 nitrogen and oxygen atoms in total. The van der Waals surface area contributed by atoms with Crippen LogP contribution in [0.25, 0.3) is 0 Å². The Morgan fingerprint density at radius 3 is 2.60 bits per heavy atom. The van der Waals surface area contributed by atoms with Gasteiger partial charge in [-0.25, -0.2) is 4.79 Å². The minimum atomic E-state index is -0.407. The van der Waals surface area contributed by atoms with Crippen molar-refractivity contribution >= 4 is 17.6 Å². The molecule has 2 aromatic rings. The lowest BCUT2D eigenvalue weighted by Crippen LogP contribution is -2.11. The van der Waals surface area contributed by atoms with Crippen molar-refractivity contribution in [1.29, 1.82) is 0 Å². The fraction of sp³-hybridized carbons (Fsp3) is 0.200. The Balaban J connectivity index is 2.13. The summed E-state index contributed by atoms with van der Waals surface area (Å²) in [4.78, 5) is 23.7. The number of esters is 1. The first-order valence-electron chi connectivity index (χ1n) is 6.31. The van der Waals surface area contributed by atoms with Gasteiger partial charge in [-0.05, 0) is 25.1 Å². The molecule has 0 bridgehead atoms. The van der Waals surface area contributed by atoms with E-state index in [0.29, 0.717) is 23.6 Å². The maximum absolute atomic E-state index is 12.0. The average molecular weight is 272 g/mol. The second-order valence-corrected chi connectivity index (χ2v) is 4.27. The lowest BCUT2D eigenvalue weighted by molar-refractivity contribution is 0.0515. The van der Waals surface area contributed by atoms with Crippen LogP contribution in [0.3, 0.4) is 0 Å². The van der Waals surface area contributed by atoms with Crippen LogP contribution in [0.1, 0.15) is 27.8 Å². The summed E-state index contributed by atoms with van der Waals surface area (Å²) < 4.78 is 6.56. The molecule has 2 rings (SSSR count). The van der Waals surface area contributed by atoms with E-state index >= 15 is 0 Å². The van der Waals surface area contributed by atoms with Gasteiger partial charge in [0.05, 0.1) is 12.3 Å². The minimum Gasteiger partial charge on any atom is -0.461 e. The molecular formula is C15H16N2O3. The number of amides is 1. The Labute approximate surface area is 117 Å². The third-order valence-electron chi connectivity index (χ3n) is 2.78. The van der Waals surface area contributed by atoms with Crippen LogP contribution in [0.15, 0.2) is 42.6 Å². The molecule has 0 saturated heterocycles. The number of benzene rings is 1. The molecule has 1 heterocycles. The zero-order chi connectivity index (χ0) is 14.5. The van der Waals surface area contributed by atoms with Crippen LogP contribution in [0.4, 0.5) is 5.69 Å². The summed E-state index contributed by atoms with van der Waals surface area (Å²) >= 11 is 0. The highest BCUT2D eigenvalue weighted by Gasteiger charge is 2.14. The number of nitrogens with zero attached hydrogens (tertiary/aromatic N) is 1. The van der Waals surface area contributed by atoms with E-state index < -0.39 is 5.97 Å². The van der Waals surface area contributed by atoms with Gasteiger partial charge in [0.2, 0.25) is 0 Å². The van der Waals surface area contributed by atoms with Gasteiger partial charge in [-0.1, -0.05) is 18.2 Å². The molecule has 0 spiro atoms. The standard InChI is InChI=1S/C15H16N2O3/c1-3-20-15(19)13-9-12(10-17(13)2)16-14(18)11-7-5-4-6-8-11/h4-10H,3H2,1-2H3,(H,16,18). The van der Waals surface area contributed by atoms with Gasteiger partial charge in [-0.2, -0.15) is 0 Å². The zero-order valence-electron chi connectivity index (χ0n) is 11.4. The van der Waals surface area contributed by atoms with E-state index in [1.807, 2.05) is 6.07 Å². The molecule has 5 heteroatoms. The third kappa shape index (κ3) is 3.06. The topological polar surface area (TPSA) is 60.3 Å². The van der Waals surface area contributed by atoms with E-state index in [1.54, 1.807) is 55.1 Å². The molecule has 1 amide bonds. The summed E-state index contributed by atoms with van der Waals surface area (Å²) in [6.07, 6.45) is 1.67. The van der Waals surface area contributed by atoms with Crippen LogP contribution in [-0.4, -0.2) is 23.1 Å². The van der Waals surface area contributed by atoms with Crippen LogP contribution >= 0.6 is 0 Å². The number of carbonyl (C=O) groups is 2. The van der Waals surface area contributed by atoms with Crippen molar-refractivity contribution in [1.82, 2.24) is 4.57 Å². The lowest BCUT2D eigenvalue weighted by atomic mass is 10.2. The number of ether oxygens (including phenoxy) is 1. The van der Waals surface area contributed by atoms with E-state index in [1.165, 1.54) is 0 Å². The van der Waals surface area contributed by atoms with Gasteiger partial charge in [0.25, 0.3) is 5.91 Å². The number of hydrogen-bond donors (Lipinski definition) is 1. The molecule has 1 N–H and O–H groups in total. The van der Waals surface area contributed by atoms with Gasteiger partial charge in [0, 0.05) is 18.8 Å². The van der Waals surface area contributed by atoms with Gasteiger partial charge < -0.3 is 14.6 Å². The van der Waals surface area contributed by atoms with Crippen molar-refractivity contribution in [3.63, 3.8) is 0 Å². The number of hydrogen-bond acceptors (Lipinski definition) is 3. The summed E-state index contributed by atoms with van der Waals surface area (Å²) in [5.74, 6) is -0.623. The fourth-order valence-electron chi connectivity index (χ4n) is 1.83. The molecular weight excluding hydrogens is 256 g/mol. The first kappa shape index (κ1) is 13.9. The number of anilines is 1. The smallest absolute Gasteiger partial charge is 0.355 e. The first-order chi connectivity index (χ1) is 9.61. The van der Waals surface area contributed by atoms with Crippen LogP contribution in [0.5, 0.6) is 0 Å². The number of rotatable bonds is 4. The van der Waals surface area contributed by atoms with Crippen molar-refractivity contribution in [3.8, 4) is 0 Å². The fourth-order valence-corrected chi connectivity index (χ4v) is 1.83. The largest absolute Gasteiger partial charge is 0.461 e. The first-order valence-corrected chi connectivity index (χ1v) is 6.31.